The van der Waals surface area contributed by atoms with Crippen molar-refractivity contribution in [1.29, 1.82) is 0 Å². The summed E-state index contributed by atoms with van der Waals surface area (Å²) in [5, 5.41) is 0. The van der Waals surface area contributed by atoms with Crippen molar-refractivity contribution < 1.29 is 12.6 Å². The van der Waals surface area contributed by atoms with Gasteiger partial charge < -0.3 is 4.18 Å². The second-order valence-corrected chi connectivity index (χ2v) is 5.86. The number of hydrogen-bond acceptors (Lipinski definition) is 3. The second-order valence-electron chi connectivity index (χ2n) is 4.32. The molecule has 0 aliphatic rings. The number of hydrogen-bond donors (Lipinski definition) is 0. The third kappa shape index (κ3) is 6.64. The van der Waals surface area contributed by atoms with E-state index >= 15 is 0 Å². The number of rotatable bonds is 3. The van der Waals surface area contributed by atoms with Crippen LogP contribution in [0.2, 0.25) is 0 Å². The molecule has 0 aromatic heterocycles. The lowest BCUT2D eigenvalue weighted by Crippen LogP contribution is -2.09. The van der Waals surface area contributed by atoms with Gasteiger partial charge in [0.05, 0.1) is 0 Å². The Labute approximate surface area is 140 Å². The van der Waals surface area contributed by atoms with E-state index in [2.05, 4.69) is 0 Å². The molecule has 1 atom stereocenters. The van der Waals surface area contributed by atoms with Gasteiger partial charge >= 0.3 is 10.1 Å². The first-order valence-corrected chi connectivity index (χ1v) is 8.14. The van der Waals surface area contributed by atoms with Gasteiger partial charge in [-0.2, -0.15) is 18.3 Å². The van der Waals surface area contributed by atoms with Gasteiger partial charge in [0.1, 0.15) is 10.6 Å². The van der Waals surface area contributed by atoms with Crippen LogP contribution in [-0.2, 0) is 10.1 Å². The Bertz CT molecular complexity index is 734. The summed E-state index contributed by atoms with van der Waals surface area (Å²) < 4.78 is 28.5. The van der Waals surface area contributed by atoms with Crippen LogP contribution in [0.3, 0.4) is 0 Å². The predicted molar refractivity (Wildman–Crippen MR) is 98.2 cm³/mol. The molecule has 0 N–H and O–H groups in total. The first kappa shape index (κ1) is 18.9. The molecule has 0 spiro atoms. The Balaban J connectivity index is 0.000000320. The highest BCUT2D eigenvalue weighted by Gasteiger charge is 2.15. The van der Waals surface area contributed by atoms with Gasteiger partial charge in [-0.25, -0.2) is 0 Å². The minimum atomic E-state index is -3.71. The maximum absolute atomic E-state index is 11.8. The molecule has 0 aliphatic carbocycles. The van der Waals surface area contributed by atoms with Crippen LogP contribution < -0.4 is 4.18 Å². The summed E-state index contributed by atoms with van der Waals surface area (Å²) in [6.07, 6.45) is 0. The molecule has 0 bridgehead atoms. The monoisotopic (exact) mass is 346 g/mol. The molecule has 1 unspecified atom stereocenters. The molecule has 3 rings (SSSR count). The van der Waals surface area contributed by atoms with Crippen LogP contribution in [0.1, 0.15) is 0 Å². The van der Waals surface area contributed by atoms with E-state index in [0.29, 0.717) is 5.75 Å². The second kappa shape index (κ2) is 9.78. The van der Waals surface area contributed by atoms with E-state index in [1.807, 2.05) is 36.4 Å². The van der Waals surface area contributed by atoms with Gasteiger partial charge in [-0.15, -0.1) is 0 Å². The van der Waals surface area contributed by atoms with Gasteiger partial charge in [-0.05, 0) is 24.3 Å². The van der Waals surface area contributed by atoms with Crippen molar-refractivity contribution in [3.63, 3.8) is 0 Å². The summed E-state index contributed by atoms with van der Waals surface area (Å²) in [6, 6.07) is 28.5. The van der Waals surface area contributed by atoms with Crippen LogP contribution in [0.15, 0.2) is 102 Å². The van der Waals surface area contributed by atoms with Gasteiger partial charge in [-0.1, -0.05) is 72.8 Å². The SMILES string of the molecule is O=S(=O)(Oc1ccccc1)c1ccccc1.P.c1ccccc1. The topological polar surface area (TPSA) is 43.4 Å². The highest BCUT2D eigenvalue weighted by Crippen LogP contribution is 2.17. The van der Waals surface area contributed by atoms with E-state index in [-0.39, 0.29) is 14.8 Å². The van der Waals surface area contributed by atoms with Gasteiger partial charge in [-0.3, -0.25) is 0 Å². The summed E-state index contributed by atoms with van der Waals surface area (Å²) in [5.41, 5.74) is 0. The van der Waals surface area contributed by atoms with Crippen LogP contribution in [0, 0.1) is 0 Å². The molecule has 0 heterocycles. The molecule has 0 radical (unpaired) electrons. The maximum Gasteiger partial charge on any atom is 0.339 e. The highest BCUT2D eigenvalue weighted by molar-refractivity contribution is 7.87. The lowest BCUT2D eigenvalue weighted by atomic mass is 10.3. The van der Waals surface area contributed by atoms with E-state index in [0.717, 1.165) is 0 Å². The fourth-order valence-electron chi connectivity index (χ4n) is 1.62. The van der Waals surface area contributed by atoms with Crippen molar-refractivity contribution in [2.24, 2.45) is 0 Å². The van der Waals surface area contributed by atoms with E-state index < -0.39 is 10.1 Å². The van der Waals surface area contributed by atoms with E-state index in [9.17, 15) is 8.42 Å². The third-order valence-corrected chi connectivity index (χ3v) is 3.91. The molecular weight excluding hydrogens is 327 g/mol. The Morgan fingerprint density at radius 3 is 1.35 bits per heavy atom. The van der Waals surface area contributed by atoms with Crippen LogP contribution >= 0.6 is 9.90 Å². The average molecular weight is 346 g/mol. The molecule has 3 aromatic rings. The molecular formula is C18H19O3PS. The molecule has 0 saturated carbocycles. The molecule has 0 saturated heterocycles. The van der Waals surface area contributed by atoms with Crippen LogP contribution in [0.4, 0.5) is 0 Å². The summed E-state index contributed by atoms with van der Waals surface area (Å²) in [5.74, 6) is 0.311. The van der Waals surface area contributed by atoms with Crippen molar-refractivity contribution in [1.82, 2.24) is 0 Å². The largest absolute Gasteiger partial charge is 0.379 e. The van der Waals surface area contributed by atoms with Gasteiger partial charge in [0.2, 0.25) is 0 Å². The fourth-order valence-corrected chi connectivity index (χ4v) is 2.57. The molecule has 0 aliphatic heterocycles. The molecule has 5 heteroatoms. The van der Waals surface area contributed by atoms with Gasteiger partial charge in [0, 0.05) is 0 Å². The van der Waals surface area contributed by atoms with Crippen molar-refractivity contribution in [3.05, 3.63) is 97.1 Å². The quantitative estimate of drug-likeness (QED) is 0.527. The molecule has 120 valence electrons. The lowest BCUT2D eigenvalue weighted by molar-refractivity contribution is 0.486. The zero-order valence-electron chi connectivity index (χ0n) is 12.6. The molecule has 3 nitrogen and oxygen atoms in total. The van der Waals surface area contributed by atoms with Crippen LogP contribution in [0.5, 0.6) is 5.75 Å². The van der Waals surface area contributed by atoms with E-state index in [4.69, 9.17) is 4.18 Å². The maximum atomic E-state index is 11.8. The minimum Gasteiger partial charge on any atom is -0.379 e. The molecule has 3 aromatic carbocycles. The van der Waals surface area contributed by atoms with Crippen molar-refractivity contribution >= 4 is 20.0 Å². The minimum absolute atomic E-state index is 0. The van der Waals surface area contributed by atoms with Gasteiger partial charge in [0.25, 0.3) is 0 Å². The smallest absolute Gasteiger partial charge is 0.339 e. The van der Waals surface area contributed by atoms with E-state index in [1.54, 1.807) is 48.5 Å². The van der Waals surface area contributed by atoms with E-state index in [1.165, 1.54) is 12.1 Å². The van der Waals surface area contributed by atoms with Crippen molar-refractivity contribution in [2.45, 2.75) is 4.90 Å². The number of benzene rings is 3. The zero-order chi connectivity index (χ0) is 15.7. The van der Waals surface area contributed by atoms with Gasteiger partial charge in [0.15, 0.2) is 0 Å². The molecule has 23 heavy (non-hydrogen) atoms. The summed E-state index contributed by atoms with van der Waals surface area (Å²) in [6.45, 7) is 0. The zero-order valence-corrected chi connectivity index (χ0v) is 14.8. The Morgan fingerprint density at radius 2 is 0.913 bits per heavy atom. The first-order chi connectivity index (χ1) is 10.7. The number of para-hydroxylation sites is 1. The van der Waals surface area contributed by atoms with Crippen molar-refractivity contribution in [2.75, 3.05) is 0 Å². The average Bonchev–Trinajstić information content (AvgIpc) is 2.58. The normalized spacial score (nSPS) is 9.74. The standard InChI is InChI=1S/C12H10O3S.C6H6.H3P/c13-16(14,12-9-5-2-6-10-12)15-11-7-3-1-4-8-11;1-2-4-6-5-3-1;/h1-10H;1-6H;1H3. The van der Waals surface area contributed by atoms with Crippen LogP contribution in [-0.4, -0.2) is 8.42 Å². The highest BCUT2D eigenvalue weighted by atomic mass is 32.2. The summed E-state index contributed by atoms with van der Waals surface area (Å²) in [7, 11) is -3.71. The van der Waals surface area contributed by atoms with Crippen molar-refractivity contribution in [3.8, 4) is 5.75 Å². The lowest BCUT2D eigenvalue weighted by Gasteiger charge is -2.05. The molecule has 0 amide bonds. The third-order valence-electron chi connectivity index (χ3n) is 2.65. The Kier molecular flexibility index (Phi) is 8.03. The predicted octanol–water partition coefficient (Wildman–Crippen LogP) is 4.20. The fraction of sp³-hybridized carbons (Fsp3) is 0. The summed E-state index contributed by atoms with van der Waals surface area (Å²) in [4.78, 5) is 0.152. The summed E-state index contributed by atoms with van der Waals surface area (Å²) >= 11 is 0. The Hall–Kier alpha value is -2.16. The van der Waals surface area contributed by atoms with Crippen LogP contribution in [0.25, 0.3) is 0 Å². The Morgan fingerprint density at radius 1 is 0.565 bits per heavy atom. The molecule has 0 fully saturated rings. The first-order valence-electron chi connectivity index (χ1n) is 6.73.